The van der Waals surface area contributed by atoms with Crippen LogP contribution in [0.4, 0.5) is 11.5 Å². The molecule has 5 nitrogen and oxygen atoms in total. The fraction of sp³-hybridized carbons (Fsp3) is 0.267. The molecule has 2 aromatic rings. The number of aromatic nitrogens is 2. The summed E-state index contributed by atoms with van der Waals surface area (Å²) in [5.74, 6) is -0.714. The number of benzene rings is 1. The first kappa shape index (κ1) is 12.6. The lowest BCUT2D eigenvalue weighted by atomic mass is 9.91. The molecule has 5 heteroatoms. The van der Waals surface area contributed by atoms with Crippen LogP contribution in [0.1, 0.15) is 34.3 Å². The Bertz CT molecular complexity index is 655. The molecule has 0 fully saturated rings. The van der Waals surface area contributed by atoms with Crippen LogP contribution in [0.5, 0.6) is 0 Å². The zero-order valence-corrected chi connectivity index (χ0v) is 11.0. The first-order valence-electron chi connectivity index (χ1n) is 6.66. The lowest BCUT2D eigenvalue weighted by Gasteiger charge is -2.17. The van der Waals surface area contributed by atoms with Crippen LogP contribution in [0.25, 0.3) is 0 Å². The zero-order chi connectivity index (χ0) is 13.9. The van der Waals surface area contributed by atoms with E-state index >= 15 is 0 Å². The van der Waals surface area contributed by atoms with Crippen molar-refractivity contribution in [3.8, 4) is 0 Å². The third kappa shape index (κ3) is 2.47. The van der Waals surface area contributed by atoms with Gasteiger partial charge in [-0.1, -0.05) is 6.07 Å². The highest BCUT2D eigenvalue weighted by molar-refractivity contribution is 5.93. The summed E-state index contributed by atoms with van der Waals surface area (Å²) in [6.45, 7) is 0. The Labute approximate surface area is 116 Å². The van der Waals surface area contributed by atoms with E-state index in [-0.39, 0.29) is 5.56 Å². The van der Waals surface area contributed by atoms with Crippen molar-refractivity contribution in [2.45, 2.75) is 25.7 Å². The lowest BCUT2D eigenvalue weighted by molar-refractivity contribution is 0.0697. The summed E-state index contributed by atoms with van der Waals surface area (Å²) in [5.41, 5.74) is 3.67. The minimum atomic E-state index is -1.04. The van der Waals surface area contributed by atoms with Gasteiger partial charge in [0, 0.05) is 11.9 Å². The van der Waals surface area contributed by atoms with Crippen molar-refractivity contribution in [3.63, 3.8) is 0 Å². The van der Waals surface area contributed by atoms with E-state index in [1.165, 1.54) is 36.5 Å². The van der Waals surface area contributed by atoms with Crippen LogP contribution in [0.2, 0.25) is 0 Å². The number of aryl methyl sites for hydroxylation is 2. The summed E-state index contributed by atoms with van der Waals surface area (Å²) in [6.07, 6.45) is 7.31. The van der Waals surface area contributed by atoms with Crippen molar-refractivity contribution in [3.05, 3.63) is 47.4 Å². The van der Waals surface area contributed by atoms with Gasteiger partial charge in [-0.25, -0.2) is 14.8 Å². The van der Waals surface area contributed by atoms with Crippen molar-refractivity contribution in [2.24, 2.45) is 0 Å². The van der Waals surface area contributed by atoms with E-state index in [4.69, 9.17) is 5.11 Å². The van der Waals surface area contributed by atoms with Gasteiger partial charge in [-0.15, -0.1) is 0 Å². The third-order valence-electron chi connectivity index (χ3n) is 3.55. The van der Waals surface area contributed by atoms with Gasteiger partial charge in [0.2, 0.25) is 0 Å². The molecule has 1 aliphatic rings. The summed E-state index contributed by atoms with van der Waals surface area (Å²) in [6, 6.07) is 6.17. The number of anilines is 2. The highest BCUT2D eigenvalue weighted by Gasteiger charge is 2.13. The maximum absolute atomic E-state index is 11.1. The number of fused-ring (bicyclic) bond motifs is 1. The maximum atomic E-state index is 11.1. The molecule has 1 aromatic heterocycles. The molecule has 0 radical (unpaired) electrons. The molecule has 0 aliphatic heterocycles. The largest absolute Gasteiger partial charge is 0.477 e. The monoisotopic (exact) mass is 269 g/mol. The predicted octanol–water partition coefficient (Wildman–Crippen LogP) is 2.80. The highest BCUT2D eigenvalue weighted by atomic mass is 16.4. The van der Waals surface area contributed by atoms with E-state index in [0.717, 1.165) is 18.5 Å². The van der Waals surface area contributed by atoms with Gasteiger partial charge in [-0.3, -0.25) is 0 Å². The Kier molecular flexibility index (Phi) is 3.33. The van der Waals surface area contributed by atoms with Gasteiger partial charge in [-0.2, -0.15) is 0 Å². The molecule has 0 saturated heterocycles. The van der Waals surface area contributed by atoms with Gasteiger partial charge >= 0.3 is 5.97 Å². The van der Waals surface area contributed by atoms with Crippen LogP contribution in [0, 0.1) is 0 Å². The van der Waals surface area contributed by atoms with E-state index < -0.39 is 5.97 Å². The second kappa shape index (κ2) is 5.28. The molecular weight excluding hydrogens is 254 g/mol. The highest BCUT2D eigenvalue weighted by Crippen LogP contribution is 2.26. The number of hydrogen-bond donors (Lipinski definition) is 2. The number of carboxylic acids is 1. The van der Waals surface area contributed by atoms with Gasteiger partial charge in [-0.05, 0) is 48.9 Å². The van der Waals surface area contributed by atoms with Gasteiger partial charge in [0.05, 0.1) is 0 Å². The molecule has 0 atom stereocenters. The average molecular weight is 269 g/mol. The van der Waals surface area contributed by atoms with Gasteiger partial charge in [0.15, 0.2) is 0 Å². The topological polar surface area (TPSA) is 75.1 Å². The summed E-state index contributed by atoms with van der Waals surface area (Å²) in [7, 11) is 0. The molecule has 1 aromatic carbocycles. The van der Waals surface area contributed by atoms with Crippen LogP contribution in [0.3, 0.4) is 0 Å². The summed E-state index contributed by atoms with van der Waals surface area (Å²) in [4.78, 5) is 18.9. The van der Waals surface area contributed by atoms with Gasteiger partial charge in [0.25, 0.3) is 0 Å². The van der Waals surface area contributed by atoms with Crippen LogP contribution >= 0.6 is 0 Å². The fourth-order valence-electron chi connectivity index (χ4n) is 2.53. The second-order valence-corrected chi connectivity index (χ2v) is 4.91. The molecule has 0 unspecified atom stereocenters. The van der Waals surface area contributed by atoms with Crippen LogP contribution in [-0.2, 0) is 12.8 Å². The van der Waals surface area contributed by atoms with Crippen molar-refractivity contribution in [1.29, 1.82) is 0 Å². The quantitative estimate of drug-likeness (QED) is 0.896. The molecule has 3 rings (SSSR count). The van der Waals surface area contributed by atoms with Crippen molar-refractivity contribution in [1.82, 2.24) is 9.97 Å². The molecule has 102 valence electrons. The predicted molar refractivity (Wildman–Crippen MR) is 75.4 cm³/mol. The molecule has 1 aliphatic carbocycles. The van der Waals surface area contributed by atoms with E-state index in [1.54, 1.807) is 0 Å². The SMILES string of the molecule is O=C(O)c1cncnc1Nc1ccc2c(c1)CCCC2. The van der Waals surface area contributed by atoms with E-state index in [1.807, 2.05) is 6.07 Å². The zero-order valence-electron chi connectivity index (χ0n) is 11.0. The lowest BCUT2D eigenvalue weighted by Crippen LogP contribution is -2.07. The van der Waals surface area contributed by atoms with Crippen LogP contribution in [-0.4, -0.2) is 21.0 Å². The van der Waals surface area contributed by atoms with Crippen LogP contribution < -0.4 is 5.32 Å². The molecule has 0 spiro atoms. The number of carbonyl (C=O) groups is 1. The Balaban J connectivity index is 1.90. The Morgan fingerprint density at radius 3 is 2.80 bits per heavy atom. The Morgan fingerprint density at radius 1 is 1.20 bits per heavy atom. The molecule has 2 N–H and O–H groups in total. The fourth-order valence-corrected chi connectivity index (χ4v) is 2.53. The molecule has 0 saturated carbocycles. The van der Waals surface area contributed by atoms with E-state index in [0.29, 0.717) is 5.82 Å². The summed E-state index contributed by atoms with van der Waals surface area (Å²) < 4.78 is 0. The summed E-state index contributed by atoms with van der Waals surface area (Å²) in [5, 5.41) is 12.2. The first-order valence-corrected chi connectivity index (χ1v) is 6.66. The normalized spacial score (nSPS) is 13.6. The molecule has 0 bridgehead atoms. The average Bonchev–Trinajstić information content (AvgIpc) is 2.47. The number of nitrogens with zero attached hydrogens (tertiary/aromatic N) is 2. The Hall–Kier alpha value is -2.43. The van der Waals surface area contributed by atoms with Gasteiger partial charge < -0.3 is 10.4 Å². The van der Waals surface area contributed by atoms with Crippen molar-refractivity contribution >= 4 is 17.5 Å². The summed E-state index contributed by atoms with van der Waals surface area (Å²) >= 11 is 0. The minimum Gasteiger partial charge on any atom is -0.477 e. The molecule has 0 amide bonds. The maximum Gasteiger partial charge on any atom is 0.341 e. The Morgan fingerprint density at radius 2 is 2.00 bits per heavy atom. The molecule has 20 heavy (non-hydrogen) atoms. The second-order valence-electron chi connectivity index (χ2n) is 4.91. The van der Waals surface area contributed by atoms with Gasteiger partial charge in [0.1, 0.15) is 17.7 Å². The molecular formula is C15H15N3O2. The number of carboxylic acid groups (broad SMARTS) is 1. The standard InChI is InChI=1S/C15H15N3O2/c19-15(20)13-8-16-9-17-14(13)18-12-6-5-10-3-1-2-4-11(10)7-12/h5-9H,1-4H2,(H,19,20)(H,16,17,18). The minimum absolute atomic E-state index is 0.0743. The van der Waals surface area contributed by atoms with Crippen molar-refractivity contribution in [2.75, 3.05) is 5.32 Å². The first-order chi connectivity index (χ1) is 9.74. The number of rotatable bonds is 3. The number of hydrogen-bond acceptors (Lipinski definition) is 4. The smallest absolute Gasteiger partial charge is 0.341 e. The molecule has 1 heterocycles. The van der Waals surface area contributed by atoms with Crippen molar-refractivity contribution < 1.29 is 9.90 Å². The van der Waals surface area contributed by atoms with E-state index in [2.05, 4.69) is 27.4 Å². The van der Waals surface area contributed by atoms with E-state index in [9.17, 15) is 4.79 Å². The third-order valence-corrected chi connectivity index (χ3v) is 3.55. The number of nitrogens with one attached hydrogen (secondary N) is 1. The van der Waals surface area contributed by atoms with Crippen LogP contribution in [0.15, 0.2) is 30.7 Å². The number of aromatic carboxylic acids is 1.